The maximum atomic E-state index is 10.5. The molecule has 0 aliphatic carbocycles. The van der Waals surface area contributed by atoms with Crippen molar-refractivity contribution in [2.45, 2.75) is 0 Å². The lowest BCUT2D eigenvalue weighted by atomic mass is 10.2. The van der Waals surface area contributed by atoms with E-state index < -0.39 is 4.92 Å². The van der Waals surface area contributed by atoms with Crippen molar-refractivity contribution >= 4 is 22.4 Å². The molecule has 0 fully saturated rings. The maximum absolute atomic E-state index is 10.5. The molecule has 0 atom stereocenters. The standard InChI is InChI=1S/C7H6N4O2/c8-4-2-1-3-5-6(4)7(10-9-5)11(12)13/h1-3H,8H2,(H,9,10). The van der Waals surface area contributed by atoms with Crippen LogP contribution in [-0.4, -0.2) is 15.1 Å². The number of rotatable bonds is 1. The van der Waals surface area contributed by atoms with Gasteiger partial charge in [0.05, 0.1) is 10.6 Å². The number of benzene rings is 1. The van der Waals surface area contributed by atoms with Gasteiger partial charge in [-0.05, 0) is 17.1 Å². The molecular formula is C7H6N4O2. The van der Waals surface area contributed by atoms with E-state index in [0.29, 0.717) is 16.6 Å². The summed E-state index contributed by atoms with van der Waals surface area (Å²) in [6, 6.07) is 5.00. The third-order valence-electron chi connectivity index (χ3n) is 1.78. The Hall–Kier alpha value is -2.11. The van der Waals surface area contributed by atoms with Crippen LogP contribution in [0.25, 0.3) is 10.9 Å². The van der Waals surface area contributed by atoms with Crippen molar-refractivity contribution in [1.29, 1.82) is 0 Å². The fourth-order valence-electron chi connectivity index (χ4n) is 1.21. The number of nitrogen functional groups attached to an aromatic ring is 1. The molecule has 6 heteroatoms. The number of nitro groups is 1. The van der Waals surface area contributed by atoms with Gasteiger partial charge in [-0.15, -0.1) is 0 Å². The average Bonchev–Trinajstić information content (AvgIpc) is 2.49. The van der Waals surface area contributed by atoms with Gasteiger partial charge in [0.2, 0.25) is 0 Å². The van der Waals surface area contributed by atoms with Gasteiger partial charge in [0.1, 0.15) is 5.39 Å². The molecule has 0 unspecified atom stereocenters. The monoisotopic (exact) mass is 178 g/mol. The molecule has 1 aromatic carbocycles. The van der Waals surface area contributed by atoms with Gasteiger partial charge >= 0.3 is 5.82 Å². The van der Waals surface area contributed by atoms with E-state index in [4.69, 9.17) is 5.73 Å². The lowest BCUT2D eigenvalue weighted by Crippen LogP contribution is -1.91. The fraction of sp³-hybridized carbons (Fsp3) is 0. The number of hydrogen-bond donors (Lipinski definition) is 2. The van der Waals surface area contributed by atoms with Crippen LogP contribution in [0.3, 0.4) is 0 Å². The van der Waals surface area contributed by atoms with E-state index in [1.165, 1.54) is 0 Å². The number of nitrogens with two attached hydrogens (primary N) is 1. The molecule has 66 valence electrons. The highest BCUT2D eigenvalue weighted by Crippen LogP contribution is 2.27. The van der Waals surface area contributed by atoms with Crippen molar-refractivity contribution < 1.29 is 4.92 Å². The summed E-state index contributed by atoms with van der Waals surface area (Å²) in [6.45, 7) is 0. The lowest BCUT2D eigenvalue weighted by Gasteiger charge is -1.93. The summed E-state index contributed by atoms with van der Waals surface area (Å²) in [4.78, 5) is 9.94. The van der Waals surface area contributed by atoms with Gasteiger partial charge in [-0.3, -0.25) is 0 Å². The number of nitrogens with one attached hydrogen (secondary N) is 1. The van der Waals surface area contributed by atoms with Crippen molar-refractivity contribution in [3.05, 3.63) is 28.3 Å². The van der Waals surface area contributed by atoms with E-state index in [2.05, 4.69) is 10.2 Å². The van der Waals surface area contributed by atoms with Crippen LogP contribution in [0.1, 0.15) is 0 Å². The first-order valence-corrected chi connectivity index (χ1v) is 3.57. The SMILES string of the molecule is Nc1cccc2[nH]nc([N+](=O)[O-])c12. The van der Waals surface area contributed by atoms with Crippen LogP contribution in [0.2, 0.25) is 0 Å². The summed E-state index contributed by atoms with van der Waals surface area (Å²) in [5, 5.41) is 17.0. The van der Waals surface area contributed by atoms with Gasteiger partial charge in [-0.25, -0.2) is 0 Å². The first kappa shape index (κ1) is 7.53. The summed E-state index contributed by atoms with van der Waals surface area (Å²) >= 11 is 0. The Kier molecular flexibility index (Phi) is 1.42. The molecule has 1 heterocycles. The van der Waals surface area contributed by atoms with E-state index in [-0.39, 0.29) is 5.82 Å². The molecule has 0 aliphatic rings. The quantitative estimate of drug-likeness (QED) is 0.387. The number of H-pyrrole nitrogens is 1. The summed E-state index contributed by atoms with van der Waals surface area (Å²) in [6.07, 6.45) is 0. The Morgan fingerprint density at radius 2 is 2.31 bits per heavy atom. The van der Waals surface area contributed by atoms with E-state index >= 15 is 0 Å². The summed E-state index contributed by atoms with van der Waals surface area (Å²) in [7, 11) is 0. The predicted octanol–water partition coefficient (Wildman–Crippen LogP) is 1.05. The second-order valence-electron chi connectivity index (χ2n) is 2.57. The van der Waals surface area contributed by atoms with E-state index in [0.717, 1.165) is 0 Å². The Bertz CT molecular complexity index is 476. The van der Waals surface area contributed by atoms with Crippen LogP contribution in [-0.2, 0) is 0 Å². The number of aromatic nitrogens is 2. The minimum atomic E-state index is -0.560. The van der Waals surface area contributed by atoms with Crippen LogP contribution < -0.4 is 5.73 Å². The Labute approximate surface area is 72.5 Å². The van der Waals surface area contributed by atoms with Crippen LogP contribution in [0.5, 0.6) is 0 Å². The molecule has 2 aromatic rings. The van der Waals surface area contributed by atoms with Gasteiger partial charge in [0.15, 0.2) is 0 Å². The van der Waals surface area contributed by atoms with Crippen LogP contribution in [0.15, 0.2) is 18.2 Å². The van der Waals surface area contributed by atoms with Gasteiger partial charge in [-0.1, -0.05) is 6.07 Å². The largest absolute Gasteiger partial charge is 0.399 e. The number of hydrogen-bond acceptors (Lipinski definition) is 4. The van der Waals surface area contributed by atoms with Gasteiger partial charge in [-0.2, -0.15) is 5.10 Å². The van der Waals surface area contributed by atoms with E-state index in [1.54, 1.807) is 18.2 Å². The van der Waals surface area contributed by atoms with Crippen molar-refractivity contribution in [3.63, 3.8) is 0 Å². The lowest BCUT2D eigenvalue weighted by molar-refractivity contribution is -0.387. The molecule has 0 aliphatic heterocycles. The van der Waals surface area contributed by atoms with Crippen molar-refractivity contribution in [2.75, 3.05) is 5.73 Å². The zero-order valence-corrected chi connectivity index (χ0v) is 6.52. The minimum absolute atomic E-state index is 0.229. The molecular weight excluding hydrogens is 172 g/mol. The number of aromatic amines is 1. The molecule has 0 radical (unpaired) electrons. The fourth-order valence-corrected chi connectivity index (χ4v) is 1.21. The molecule has 0 saturated carbocycles. The van der Waals surface area contributed by atoms with Crippen molar-refractivity contribution in [3.8, 4) is 0 Å². The molecule has 3 N–H and O–H groups in total. The van der Waals surface area contributed by atoms with Crippen molar-refractivity contribution in [2.24, 2.45) is 0 Å². The molecule has 0 spiro atoms. The molecule has 0 bridgehead atoms. The first-order valence-electron chi connectivity index (χ1n) is 3.57. The van der Waals surface area contributed by atoms with Gasteiger partial charge in [0.25, 0.3) is 0 Å². The third kappa shape index (κ3) is 0.994. The Morgan fingerprint density at radius 1 is 1.54 bits per heavy atom. The minimum Gasteiger partial charge on any atom is -0.398 e. The molecule has 13 heavy (non-hydrogen) atoms. The summed E-state index contributed by atoms with van der Waals surface area (Å²) < 4.78 is 0. The number of anilines is 1. The third-order valence-corrected chi connectivity index (χ3v) is 1.78. The zero-order chi connectivity index (χ0) is 9.42. The molecule has 0 saturated heterocycles. The number of nitrogens with zero attached hydrogens (tertiary/aromatic N) is 2. The average molecular weight is 178 g/mol. The predicted molar refractivity (Wildman–Crippen MR) is 47.2 cm³/mol. The second kappa shape index (κ2) is 2.44. The van der Waals surface area contributed by atoms with Gasteiger partial charge < -0.3 is 15.8 Å². The molecule has 1 aromatic heterocycles. The molecule has 6 nitrogen and oxygen atoms in total. The maximum Gasteiger partial charge on any atom is 0.399 e. The highest BCUT2D eigenvalue weighted by Gasteiger charge is 2.18. The normalized spacial score (nSPS) is 10.5. The van der Waals surface area contributed by atoms with Crippen molar-refractivity contribution in [1.82, 2.24) is 10.2 Å². The van der Waals surface area contributed by atoms with Crippen LogP contribution in [0.4, 0.5) is 11.5 Å². The summed E-state index contributed by atoms with van der Waals surface area (Å²) in [5.41, 5.74) is 6.51. The smallest absolute Gasteiger partial charge is 0.398 e. The van der Waals surface area contributed by atoms with E-state index in [1.807, 2.05) is 0 Å². The van der Waals surface area contributed by atoms with E-state index in [9.17, 15) is 10.1 Å². The molecule has 2 rings (SSSR count). The Balaban J connectivity index is 2.86. The van der Waals surface area contributed by atoms with Crippen LogP contribution >= 0.6 is 0 Å². The molecule has 0 amide bonds. The second-order valence-corrected chi connectivity index (χ2v) is 2.57. The van der Waals surface area contributed by atoms with Gasteiger partial charge in [0, 0.05) is 5.69 Å². The topological polar surface area (TPSA) is 97.8 Å². The van der Waals surface area contributed by atoms with Crippen LogP contribution in [0, 0.1) is 10.1 Å². The highest BCUT2D eigenvalue weighted by molar-refractivity contribution is 5.96. The summed E-state index contributed by atoms with van der Waals surface area (Å²) in [5.74, 6) is -0.229. The Morgan fingerprint density at radius 3 is 3.00 bits per heavy atom. The number of fused-ring (bicyclic) bond motifs is 1. The first-order chi connectivity index (χ1) is 6.20. The highest BCUT2D eigenvalue weighted by atomic mass is 16.6. The zero-order valence-electron chi connectivity index (χ0n) is 6.52.